The standard InChI is InChI=1S/C23H26FN3O4/c1-29-21-13-16(23(25)28)3-6-19(21)30-12-2-9-27-10-7-15(8-11-27)22-18-5-4-17(24)14-20(18)31-26-22/h3-6,13-15H,2,7-12H2,1H3,(H2,25,28). The Hall–Kier alpha value is -3.13. The monoisotopic (exact) mass is 427 g/mol. The summed E-state index contributed by atoms with van der Waals surface area (Å²) in [7, 11) is 1.53. The maximum Gasteiger partial charge on any atom is 0.248 e. The number of fused-ring (bicyclic) bond motifs is 1. The molecule has 1 aliphatic heterocycles. The third-order valence-electron chi connectivity index (χ3n) is 5.76. The number of nitrogens with zero attached hydrogens (tertiary/aromatic N) is 2. The number of amides is 1. The van der Waals surface area contributed by atoms with Crippen LogP contribution in [0.4, 0.5) is 4.39 Å². The maximum atomic E-state index is 13.4. The van der Waals surface area contributed by atoms with Crippen molar-refractivity contribution in [3.8, 4) is 11.5 Å². The number of carbonyl (C=O) groups is 1. The van der Waals surface area contributed by atoms with E-state index in [0.29, 0.717) is 35.2 Å². The zero-order valence-corrected chi connectivity index (χ0v) is 17.5. The molecule has 2 N–H and O–H groups in total. The highest BCUT2D eigenvalue weighted by molar-refractivity contribution is 5.93. The van der Waals surface area contributed by atoms with Gasteiger partial charge in [0.15, 0.2) is 17.1 Å². The number of rotatable bonds is 8. The predicted octanol–water partition coefficient (Wildman–Crippen LogP) is 3.72. The number of primary amides is 1. The van der Waals surface area contributed by atoms with Gasteiger partial charge in [-0.2, -0.15) is 0 Å². The lowest BCUT2D eigenvalue weighted by atomic mass is 9.91. The van der Waals surface area contributed by atoms with Crippen LogP contribution in [-0.4, -0.2) is 49.3 Å². The smallest absolute Gasteiger partial charge is 0.248 e. The molecular weight excluding hydrogens is 401 g/mol. The van der Waals surface area contributed by atoms with Gasteiger partial charge < -0.3 is 24.6 Å². The zero-order chi connectivity index (χ0) is 21.8. The number of nitrogens with two attached hydrogens (primary N) is 1. The molecule has 8 heteroatoms. The minimum absolute atomic E-state index is 0.311. The van der Waals surface area contributed by atoms with Crippen molar-refractivity contribution < 1.29 is 23.2 Å². The SMILES string of the molecule is COc1cc(C(N)=O)ccc1OCCCN1CCC(c2noc3cc(F)ccc23)CC1. The highest BCUT2D eigenvalue weighted by atomic mass is 19.1. The molecule has 31 heavy (non-hydrogen) atoms. The fraction of sp³-hybridized carbons (Fsp3) is 0.391. The normalized spacial score (nSPS) is 15.3. The molecule has 1 aliphatic rings. The number of likely N-dealkylation sites (tertiary alicyclic amines) is 1. The summed E-state index contributed by atoms with van der Waals surface area (Å²) in [6.45, 7) is 3.42. The van der Waals surface area contributed by atoms with E-state index in [2.05, 4.69) is 10.1 Å². The Morgan fingerprint density at radius 3 is 2.77 bits per heavy atom. The third-order valence-corrected chi connectivity index (χ3v) is 5.76. The number of ether oxygens (including phenoxy) is 2. The molecule has 0 radical (unpaired) electrons. The Balaban J connectivity index is 1.24. The minimum Gasteiger partial charge on any atom is -0.493 e. The molecule has 0 aliphatic carbocycles. The van der Waals surface area contributed by atoms with Gasteiger partial charge in [0.05, 0.1) is 19.4 Å². The van der Waals surface area contributed by atoms with E-state index >= 15 is 0 Å². The van der Waals surface area contributed by atoms with E-state index in [1.807, 2.05) is 0 Å². The molecule has 4 rings (SSSR count). The van der Waals surface area contributed by atoms with E-state index in [1.54, 1.807) is 24.3 Å². The topological polar surface area (TPSA) is 90.8 Å². The molecule has 0 saturated carbocycles. The van der Waals surface area contributed by atoms with E-state index in [1.165, 1.54) is 19.2 Å². The molecular formula is C23H26FN3O4. The lowest BCUT2D eigenvalue weighted by Gasteiger charge is -2.31. The Kier molecular flexibility index (Phi) is 6.36. The molecule has 0 bridgehead atoms. The number of carbonyl (C=O) groups excluding carboxylic acids is 1. The molecule has 1 fully saturated rings. The van der Waals surface area contributed by atoms with E-state index in [4.69, 9.17) is 19.7 Å². The molecule has 0 atom stereocenters. The summed E-state index contributed by atoms with van der Waals surface area (Å²) in [6.07, 6.45) is 2.85. The van der Waals surface area contributed by atoms with Gasteiger partial charge >= 0.3 is 0 Å². The lowest BCUT2D eigenvalue weighted by Crippen LogP contribution is -2.34. The van der Waals surface area contributed by atoms with Crippen LogP contribution < -0.4 is 15.2 Å². The van der Waals surface area contributed by atoms with Gasteiger partial charge in [-0.1, -0.05) is 5.16 Å². The third kappa shape index (κ3) is 4.80. The molecule has 0 unspecified atom stereocenters. The first-order chi connectivity index (χ1) is 15.0. The first-order valence-corrected chi connectivity index (χ1v) is 10.4. The van der Waals surface area contributed by atoms with Gasteiger partial charge in [0, 0.05) is 29.5 Å². The molecule has 2 aromatic carbocycles. The number of methoxy groups -OCH3 is 1. The quantitative estimate of drug-likeness (QED) is 0.551. The first-order valence-electron chi connectivity index (χ1n) is 10.4. The van der Waals surface area contributed by atoms with Crippen LogP contribution in [0.25, 0.3) is 11.0 Å². The summed E-state index contributed by atoms with van der Waals surface area (Å²) >= 11 is 0. The van der Waals surface area contributed by atoms with Crippen molar-refractivity contribution in [2.24, 2.45) is 5.73 Å². The van der Waals surface area contributed by atoms with E-state index in [0.717, 1.165) is 50.0 Å². The number of halogens is 1. The number of aromatic nitrogens is 1. The summed E-state index contributed by atoms with van der Waals surface area (Å²) in [5.41, 5.74) is 7.13. The van der Waals surface area contributed by atoms with Gasteiger partial charge in [-0.15, -0.1) is 0 Å². The average molecular weight is 427 g/mol. The van der Waals surface area contributed by atoms with Gasteiger partial charge in [0.1, 0.15) is 5.82 Å². The Morgan fingerprint density at radius 2 is 2.03 bits per heavy atom. The molecule has 0 spiro atoms. The molecule has 1 saturated heterocycles. The summed E-state index contributed by atoms with van der Waals surface area (Å²) in [4.78, 5) is 13.7. The van der Waals surface area contributed by atoms with Crippen LogP contribution >= 0.6 is 0 Å². The van der Waals surface area contributed by atoms with E-state index in [-0.39, 0.29) is 5.82 Å². The van der Waals surface area contributed by atoms with Gasteiger partial charge in [-0.3, -0.25) is 4.79 Å². The lowest BCUT2D eigenvalue weighted by molar-refractivity contribution is 0.1000. The molecule has 7 nitrogen and oxygen atoms in total. The first kappa shape index (κ1) is 21.1. The van der Waals surface area contributed by atoms with Crippen molar-refractivity contribution in [3.63, 3.8) is 0 Å². The predicted molar refractivity (Wildman–Crippen MR) is 114 cm³/mol. The highest BCUT2D eigenvalue weighted by Crippen LogP contribution is 2.33. The summed E-state index contributed by atoms with van der Waals surface area (Å²) in [5.74, 6) is 0.609. The fourth-order valence-electron chi connectivity index (χ4n) is 4.07. The van der Waals surface area contributed by atoms with Gasteiger partial charge in [0.2, 0.25) is 5.91 Å². The number of piperidine rings is 1. The second-order valence-corrected chi connectivity index (χ2v) is 7.76. The largest absolute Gasteiger partial charge is 0.493 e. The van der Waals surface area contributed by atoms with Crippen LogP contribution in [0.5, 0.6) is 11.5 Å². The summed E-state index contributed by atoms with van der Waals surface area (Å²) in [5, 5.41) is 5.11. The Bertz CT molecular complexity index is 1060. The Morgan fingerprint density at radius 1 is 1.23 bits per heavy atom. The van der Waals surface area contributed by atoms with E-state index < -0.39 is 5.91 Å². The number of benzene rings is 2. The van der Waals surface area contributed by atoms with Crippen LogP contribution in [0.1, 0.15) is 41.2 Å². The van der Waals surface area contributed by atoms with Gasteiger partial charge in [-0.25, -0.2) is 4.39 Å². The van der Waals surface area contributed by atoms with Gasteiger partial charge in [-0.05, 0) is 62.7 Å². The van der Waals surface area contributed by atoms with Crippen molar-refractivity contribution in [2.75, 3.05) is 33.4 Å². The van der Waals surface area contributed by atoms with Crippen molar-refractivity contribution in [1.29, 1.82) is 0 Å². The minimum atomic E-state index is -0.501. The second kappa shape index (κ2) is 9.34. The molecule has 164 valence electrons. The zero-order valence-electron chi connectivity index (χ0n) is 17.5. The van der Waals surface area contributed by atoms with Crippen LogP contribution in [-0.2, 0) is 0 Å². The van der Waals surface area contributed by atoms with Crippen molar-refractivity contribution in [2.45, 2.75) is 25.2 Å². The second-order valence-electron chi connectivity index (χ2n) is 7.76. The molecule has 3 aromatic rings. The molecule has 1 aromatic heterocycles. The molecule has 2 heterocycles. The number of hydrogen-bond donors (Lipinski definition) is 1. The Labute approximate surface area is 179 Å². The highest BCUT2D eigenvalue weighted by Gasteiger charge is 2.25. The maximum absolute atomic E-state index is 13.4. The van der Waals surface area contributed by atoms with Crippen LogP contribution in [0.15, 0.2) is 40.9 Å². The van der Waals surface area contributed by atoms with Crippen LogP contribution in [0.2, 0.25) is 0 Å². The van der Waals surface area contributed by atoms with E-state index in [9.17, 15) is 9.18 Å². The van der Waals surface area contributed by atoms with Crippen molar-refractivity contribution in [3.05, 3.63) is 53.5 Å². The van der Waals surface area contributed by atoms with Crippen LogP contribution in [0, 0.1) is 5.82 Å². The van der Waals surface area contributed by atoms with Gasteiger partial charge in [0.25, 0.3) is 0 Å². The summed E-state index contributed by atoms with van der Waals surface area (Å²) in [6, 6.07) is 9.52. The fourth-order valence-corrected chi connectivity index (χ4v) is 4.07. The van der Waals surface area contributed by atoms with Crippen molar-refractivity contribution >= 4 is 16.9 Å². The van der Waals surface area contributed by atoms with Crippen molar-refractivity contribution in [1.82, 2.24) is 10.1 Å². The summed E-state index contributed by atoms with van der Waals surface area (Å²) < 4.78 is 29.8. The molecule has 1 amide bonds. The average Bonchev–Trinajstić information content (AvgIpc) is 3.20. The number of hydrogen-bond acceptors (Lipinski definition) is 6. The van der Waals surface area contributed by atoms with Crippen LogP contribution in [0.3, 0.4) is 0 Å².